The van der Waals surface area contributed by atoms with Gasteiger partial charge < -0.3 is 0 Å². The van der Waals surface area contributed by atoms with Crippen LogP contribution in [0.4, 0.5) is 0 Å². The third-order valence-corrected chi connectivity index (χ3v) is 4.31. The van der Waals surface area contributed by atoms with Crippen LogP contribution >= 0.6 is 11.8 Å². The Morgan fingerprint density at radius 2 is 1.52 bits per heavy atom. The third kappa shape index (κ3) is 3.27. The zero-order valence-corrected chi connectivity index (χ0v) is 13.2. The molecule has 2 aromatic rings. The molecule has 3 heteroatoms. The van der Waals surface area contributed by atoms with E-state index in [0.717, 1.165) is 9.79 Å². The highest BCUT2D eigenvalue weighted by atomic mass is 32.2. The molecule has 21 heavy (non-hydrogen) atoms. The largest absolute Gasteiger partial charge is 0.192 e. The third-order valence-electron chi connectivity index (χ3n) is 3.17. The first-order valence-corrected chi connectivity index (χ1v) is 7.49. The van der Waals surface area contributed by atoms with Crippen LogP contribution in [0.1, 0.15) is 37.5 Å². The summed E-state index contributed by atoms with van der Waals surface area (Å²) in [5, 5.41) is 18.4. The van der Waals surface area contributed by atoms with Gasteiger partial charge in [0.1, 0.15) is 12.1 Å². The van der Waals surface area contributed by atoms with Gasteiger partial charge in [0, 0.05) is 9.79 Å². The second-order valence-corrected chi connectivity index (χ2v) is 6.83. The fourth-order valence-electron chi connectivity index (χ4n) is 2.12. The number of hydrogen-bond acceptors (Lipinski definition) is 3. The Morgan fingerprint density at radius 1 is 0.857 bits per heavy atom. The van der Waals surface area contributed by atoms with Crippen LogP contribution in [0, 0.1) is 22.7 Å². The molecule has 0 fully saturated rings. The van der Waals surface area contributed by atoms with Gasteiger partial charge in [0.2, 0.25) is 0 Å². The van der Waals surface area contributed by atoms with Crippen LogP contribution in [0.5, 0.6) is 0 Å². The number of benzene rings is 2. The van der Waals surface area contributed by atoms with Gasteiger partial charge in [-0.25, -0.2) is 0 Å². The highest BCUT2D eigenvalue weighted by molar-refractivity contribution is 7.99. The highest BCUT2D eigenvalue weighted by Crippen LogP contribution is 2.38. The maximum absolute atomic E-state index is 9.32. The van der Waals surface area contributed by atoms with Gasteiger partial charge in [0.15, 0.2) is 0 Å². The maximum atomic E-state index is 9.32. The van der Waals surface area contributed by atoms with E-state index >= 15 is 0 Å². The second kappa shape index (κ2) is 6.04. The van der Waals surface area contributed by atoms with Gasteiger partial charge in [-0.15, -0.1) is 0 Å². The zero-order chi connectivity index (χ0) is 15.5. The molecule has 0 radical (unpaired) electrons. The van der Waals surface area contributed by atoms with E-state index in [1.165, 1.54) is 5.56 Å². The van der Waals surface area contributed by atoms with Gasteiger partial charge in [-0.2, -0.15) is 10.5 Å². The number of hydrogen-bond donors (Lipinski definition) is 0. The second-order valence-electron chi connectivity index (χ2n) is 5.75. The molecule has 0 atom stereocenters. The SMILES string of the molecule is CC(C)(C)c1ccccc1Sc1cccc(C#N)c1C#N. The molecule has 0 heterocycles. The molecule has 0 saturated heterocycles. The minimum absolute atomic E-state index is 0.0310. The summed E-state index contributed by atoms with van der Waals surface area (Å²) < 4.78 is 0. The van der Waals surface area contributed by atoms with Gasteiger partial charge in [-0.1, -0.05) is 56.8 Å². The molecule has 0 bridgehead atoms. The average molecular weight is 292 g/mol. The van der Waals surface area contributed by atoms with Crippen LogP contribution in [-0.2, 0) is 5.41 Å². The quantitative estimate of drug-likeness (QED) is 0.792. The van der Waals surface area contributed by atoms with E-state index in [2.05, 4.69) is 45.0 Å². The maximum Gasteiger partial charge on any atom is 0.102 e. The smallest absolute Gasteiger partial charge is 0.102 e. The summed E-state index contributed by atoms with van der Waals surface area (Å²) >= 11 is 1.55. The van der Waals surface area contributed by atoms with E-state index < -0.39 is 0 Å². The van der Waals surface area contributed by atoms with Crippen molar-refractivity contribution in [1.82, 2.24) is 0 Å². The summed E-state index contributed by atoms with van der Waals surface area (Å²) in [6, 6.07) is 17.8. The van der Waals surface area contributed by atoms with Gasteiger partial charge in [-0.05, 0) is 29.2 Å². The van der Waals surface area contributed by atoms with E-state index in [1.54, 1.807) is 17.8 Å². The Bertz CT molecular complexity index is 743. The van der Waals surface area contributed by atoms with Crippen LogP contribution in [-0.4, -0.2) is 0 Å². The zero-order valence-electron chi connectivity index (χ0n) is 12.3. The standard InChI is InChI=1S/C18H16N2S/c1-18(2,3)15-8-4-5-9-17(15)21-16-10-6-7-13(11-19)14(16)12-20/h4-10H,1-3H3. The van der Waals surface area contributed by atoms with Crippen molar-refractivity contribution < 1.29 is 0 Å². The molecular weight excluding hydrogens is 276 g/mol. The summed E-state index contributed by atoms with van der Waals surface area (Å²) in [5.74, 6) is 0. The molecule has 0 aromatic heterocycles. The van der Waals surface area contributed by atoms with Crippen molar-refractivity contribution in [3.05, 3.63) is 59.2 Å². The summed E-state index contributed by atoms with van der Waals surface area (Å²) in [4.78, 5) is 1.95. The Kier molecular flexibility index (Phi) is 4.36. The molecule has 0 aliphatic carbocycles. The van der Waals surface area contributed by atoms with Crippen molar-refractivity contribution in [1.29, 1.82) is 10.5 Å². The molecule has 0 unspecified atom stereocenters. The molecule has 104 valence electrons. The molecular formula is C18H16N2S. The molecule has 0 amide bonds. The van der Waals surface area contributed by atoms with E-state index in [9.17, 15) is 5.26 Å². The van der Waals surface area contributed by atoms with E-state index in [-0.39, 0.29) is 5.41 Å². The fourth-order valence-corrected chi connectivity index (χ4v) is 3.39. The lowest BCUT2D eigenvalue weighted by Crippen LogP contribution is -2.12. The Morgan fingerprint density at radius 3 is 2.14 bits per heavy atom. The van der Waals surface area contributed by atoms with Crippen LogP contribution in [0.25, 0.3) is 0 Å². The predicted octanol–water partition coefficient (Wildman–Crippen LogP) is 4.88. The van der Waals surface area contributed by atoms with Crippen molar-refractivity contribution >= 4 is 11.8 Å². The minimum atomic E-state index is 0.0310. The lowest BCUT2D eigenvalue weighted by atomic mass is 9.87. The molecule has 0 aliphatic rings. The summed E-state index contributed by atoms with van der Waals surface area (Å²) in [6.07, 6.45) is 0. The van der Waals surface area contributed by atoms with Crippen molar-refractivity contribution in [2.75, 3.05) is 0 Å². The molecule has 2 rings (SSSR count). The Hall–Kier alpha value is -2.23. The number of nitrogens with zero attached hydrogens (tertiary/aromatic N) is 2. The van der Waals surface area contributed by atoms with E-state index in [4.69, 9.17) is 5.26 Å². The first kappa shape index (κ1) is 15.2. The highest BCUT2D eigenvalue weighted by Gasteiger charge is 2.19. The molecule has 2 nitrogen and oxygen atoms in total. The monoisotopic (exact) mass is 292 g/mol. The average Bonchev–Trinajstić information content (AvgIpc) is 2.46. The van der Waals surface area contributed by atoms with Crippen LogP contribution in [0.2, 0.25) is 0 Å². The first-order valence-electron chi connectivity index (χ1n) is 6.68. The minimum Gasteiger partial charge on any atom is -0.192 e. The van der Waals surface area contributed by atoms with E-state index in [0.29, 0.717) is 11.1 Å². The lowest BCUT2D eigenvalue weighted by Gasteiger charge is -2.22. The van der Waals surface area contributed by atoms with E-state index in [1.807, 2.05) is 24.3 Å². The van der Waals surface area contributed by atoms with Crippen LogP contribution in [0.15, 0.2) is 52.3 Å². The number of rotatable bonds is 2. The molecule has 0 aliphatic heterocycles. The Labute approximate surface area is 130 Å². The predicted molar refractivity (Wildman–Crippen MR) is 85.1 cm³/mol. The molecule has 0 saturated carbocycles. The topological polar surface area (TPSA) is 47.6 Å². The van der Waals surface area contributed by atoms with Crippen molar-refractivity contribution in [2.24, 2.45) is 0 Å². The number of nitriles is 2. The fraction of sp³-hybridized carbons (Fsp3) is 0.222. The molecule has 0 spiro atoms. The van der Waals surface area contributed by atoms with Crippen LogP contribution in [0.3, 0.4) is 0 Å². The lowest BCUT2D eigenvalue weighted by molar-refractivity contribution is 0.578. The Balaban J connectivity index is 2.51. The summed E-state index contributed by atoms with van der Waals surface area (Å²) in [7, 11) is 0. The summed E-state index contributed by atoms with van der Waals surface area (Å²) in [5.41, 5.74) is 2.15. The van der Waals surface area contributed by atoms with Gasteiger partial charge >= 0.3 is 0 Å². The molecule has 2 aromatic carbocycles. The first-order chi connectivity index (χ1) is 9.97. The van der Waals surface area contributed by atoms with Crippen molar-refractivity contribution in [2.45, 2.75) is 36.0 Å². The van der Waals surface area contributed by atoms with Crippen molar-refractivity contribution in [3.63, 3.8) is 0 Å². The normalized spacial score (nSPS) is 10.7. The van der Waals surface area contributed by atoms with Crippen LogP contribution < -0.4 is 0 Å². The van der Waals surface area contributed by atoms with Gasteiger partial charge in [0.05, 0.1) is 11.1 Å². The molecule has 0 N–H and O–H groups in total. The summed E-state index contributed by atoms with van der Waals surface area (Å²) in [6.45, 7) is 6.51. The van der Waals surface area contributed by atoms with Gasteiger partial charge in [-0.3, -0.25) is 0 Å². The van der Waals surface area contributed by atoms with Gasteiger partial charge in [0.25, 0.3) is 0 Å². The van der Waals surface area contributed by atoms with Crippen molar-refractivity contribution in [3.8, 4) is 12.1 Å².